The van der Waals surface area contributed by atoms with Crippen molar-refractivity contribution in [3.63, 3.8) is 0 Å². The topological polar surface area (TPSA) is 186 Å². The summed E-state index contributed by atoms with van der Waals surface area (Å²) < 4.78 is 106. The summed E-state index contributed by atoms with van der Waals surface area (Å²) in [6, 6.07) is 12.7. The third-order valence-corrected chi connectivity index (χ3v) is 43.4. The van der Waals surface area contributed by atoms with Crippen LogP contribution in [0.15, 0.2) is 0 Å². The van der Waals surface area contributed by atoms with Gasteiger partial charge in [-0.05, 0) is 0 Å². The maximum absolute atomic E-state index is 11.8. The van der Waals surface area contributed by atoms with Gasteiger partial charge in [0, 0.05) is 185 Å². The summed E-state index contributed by atoms with van der Waals surface area (Å²) >= 11 is 0. The Morgan fingerprint density at radius 2 is 0.352 bits per heavy atom. The van der Waals surface area contributed by atoms with Crippen LogP contribution in [0.4, 0.5) is 0 Å². The molecule has 71 heavy (non-hydrogen) atoms. The van der Waals surface area contributed by atoms with Crippen molar-refractivity contribution in [3.8, 4) is 0 Å². The molecular formula is C43H103O19Si8W-. The first-order chi connectivity index (χ1) is 33.4. The van der Waals surface area contributed by atoms with Crippen LogP contribution in [0.25, 0.3) is 0 Å². The zero-order valence-corrected chi connectivity index (χ0v) is 58.6. The molecule has 0 rings (SSSR count). The summed E-state index contributed by atoms with van der Waals surface area (Å²) in [6.45, 7) is 0. The van der Waals surface area contributed by atoms with E-state index in [1.807, 2.05) is 0 Å². The van der Waals surface area contributed by atoms with Crippen molar-refractivity contribution in [3.05, 3.63) is 6.10 Å². The van der Waals surface area contributed by atoms with Crippen molar-refractivity contribution >= 4 is 69.0 Å². The molecule has 0 aliphatic heterocycles. The Morgan fingerprint density at radius 1 is 0.225 bits per heavy atom. The van der Waals surface area contributed by atoms with Crippen LogP contribution in [-0.2, 0) is 101 Å². The molecule has 19 nitrogen and oxygen atoms in total. The van der Waals surface area contributed by atoms with Crippen molar-refractivity contribution in [1.82, 2.24) is 0 Å². The van der Waals surface area contributed by atoms with E-state index in [2.05, 4.69) is 0 Å². The standard InChI is InChI=1S/C43H103O19Si8.W/c1-45-65(46-2,47-3)37-21-31-63(32-22-38-66(48-4,49-5)50-6,33-23-39-67(51-7,52-8)53-9)29-19-27-43(44)28-20-30-64(34-24-40-68(54-10,55-11)56-12,35-25-41-69(57-13,58-14)59-15)36-26-42-70(60-16,61-17)62-18;/h44H,19-42H2,1-18H3;/q-1;. The summed E-state index contributed by atoms with van der Waals surface area (Å²) in [5, 5.41) is 11.8. The van der Waals surface area contributed by atoms with Gasteiger partial charge in [-0.3, -0.25) is 0 Å². The molecule has 0 aromatic heterocycles. The van der Waals surface area contributed by atoms with E-state index in [1.54, 1.807) is 128 Å². The minimum absolute atomic E-state index is 0. The SMILES string of the molecule is CO[Si](CCC[Si](CCC[C-](O)CCC[Si](CCC[Si](OC)(OC)OC)(CCC[Si](OC)(OC)OC)CCC[Si](OC)(OC)OC)(CCC[Si](OC)(OC)OC)CCC[Si](OC)(OC)OC)(OC)OC.[W]. The van der Waals surface area contributed by atoms with E-state index in [4.69, 9.17) is 79.7 Å². The number of aliphatic hydroxyl groups is 1. The summed E-state index contributed by atoms with van der Waals surface area (Å²) in [7, 11) is 9.12. The molecule has 28 heteroatoms. The van der Waals surface area contributed by atoms with Crippen LogP contribution in [0.1, 0.15) is 64.2 Å². The van der Waals surface area contributed by atoms with Crippen LogP contribution in [0.2, 0.25) is 84.6 Å². The quantitative estimate of drug-likeness (QED) is 0.0449. The summed E-state index contributed by atoms with van der Waals surface area (Å²) in [5.41, 5.74) is 0. The van der Waals surface area contributed by atoms with Crippen LogP contribution in [-0.4, -0.2) is 202 Å². The maximum Gasteiger partial charge on any atom is 0.500 e. The molecule has 0 atom stereocenters. The maximum atomic E-state index is 11.8. The zero-order chi connectivity index (χ0) is 53.3. The monoisotopic (exact) mass is 1330 g/mol. The second-order valence-electron chi connectivity index (χ2n) is 18.2. The van der Waals surface area contributed by atoms with Crippen molar-refractivity contribution < 1.29 is 106 Å². The van der Waals surface area contributed by atoms with E-state index >= 15 is 0 Å². The van der Waals surface area contributed by atoms with Crippen LogP contribution in [0.3, 0.4) is 0 Å². The Bertz CT molecular complexity index is 1000. The number of hydrogen-bond donors (Lipinski definition) is 1. The van der Waals surface area contributed by atoms with Crippen molar-refractivity contribution in [1.29, 1.82) is 0 Å². The molecule has 0 aliphatic rings. The third kappa shape index (κ3) is 25.1. The van der Waals surface area contributed by atoms with E-state index in [9.17, 15) is 5.11 Å². The average molecular weight is 1330 g/mol. The fraction of sp³-hybridized carbons (Fsp3) is 0.977. The van der Waals surface area contributed by atoms with Gasteiger partial charge in [0.25, 0.3) is 0 Å². The molecule has 0 bridgehead atoms. The van der Waals surface area contributed by atoms with Gasteiger partial charge >= 0.3 is 52.8 Å². The van der Waals surface area contributed by atoms with Gasteiger partial charge in [0.1, 0.15) is 0 Å². The van der Waals surface area contributed by atoms with E-state index in [0.717, 1.165) is 136 Å². The first-order valence-electron chi connectivity index (χ1n) is 24.9. The molecule has 0 spiro atoms. The van der Waals surface area contributed by atoms with Gasteiger partial charge in [0.15, 0.2) is 0 Å². The molecule has 0 radical (unpaired) electrons. The fourth-order valence-electron chi connectivity index (χ4n) is 10.4. The van der Waals surface area contributed by atoms with Crippen LogP contribution in [0.5, 0.6) is 0 Å². The van der Waals surface area contributed by atoms with E-state index in [0.29, 0.717) is 18.9 Å². The Labute approximate surface area is 455 Å². The fourth-order valence-corrected chi connectivity index (χ4v) is 33.2. The molecule has 0 saturated carbocycles. The number of hydrogen-bond acceptors (Lipinski definition) is 19. The summed E-state index contributed by atoms with van der Waals surface area (Å²) in [5.74, 6) is 0. The zero-order valence-electron chi connectivity index (χ0n) is 47.7. The largest absolute Gasteiger partial charge is 0.563 e. The Balaban J connectivity index is 0. The third-order valence-electron chi connectivity index (χ3n) is 15.1. The molecule has 0 heterocycles. The smallest absolute Gasteiger partial charge is 0.500 e. The van der Waals surface area contributed by atoms with Crippen LogP contribution < -0.4 is 0 Å². The summed E-state index contributed by atoms with van der Waals surface area (Å²) in [4.78, 5) is 0. The van der Waals surface area contributed by atoms with Crippen molar-refractivity contribution in [2.24, 2.45) is 0 Å². The van der Waals surface area contributed by atoms with E-state index in [-0.39, 0.29) is 21.1 Å². The molecule has 0 aromatic rings. The van der Waals surface area contributed by atoms with Crippen molar-refractivity contribution in [2.75, 3.05) is 128 Å². The van der Waals surface area contributed by atoms with Gasteiger partial charge in [-0.1, -0.05) is 99.7 Å². The second kappa shape index (κ2) is 39.9. The van der Waals surface area contributed by atoms with Gasteiger partial charge in [0.05, 0.1) is 16.1 Å². The minimum Gasteiger partial charge on any atom is -0.563 e. The normalized spacial score (nSPS) is 13.7. The number of aliphatic hydroxyl groups excluding tert-OH is 1. The summed E-state index contributed by atoms with van der Waals surface area (Å²) in [6.07, 6.45) is 9.09. The Morgan fingerprint density at radius 3 is 0.479 bits per heavy atom. The molecule has 428 valence electrons. The molecule has 0 aromatic carbocycles. The predicted octanol–water partition coefficient (Wildman–Crippen LogP) is 8.96. The average Bonchev–Trinajstić information content (AvgIpc) is 3.40. The number of rotatable bonds is 50. The Hall–Kier alpha value is 1.66. The van der Waals surface area contributed by atoms with Gasteiger partial charge in [-0.25, -0.2) is 6.10 Å². The predicted molar refractivity (Wildman–Crippen MR) is 291 cm³/mol. The first kappa shape index (κ1) is 74.7. The molecule has 0 saturated heterocycles. The second-order valence-corrected chi connectivity index (χ2v) is 46.7. The molecule has 1 N–H and O–H groups in total. The van der Waals surface area contributed by atoms with Crippen LogP contribution >= 0.6 is 0 Å². The van der Waals surface area contributed by atoms with Gasteiger partial charge in [0.2, 0.25) is 0 Å². The Kier molecular flexibility index (Phi) is 42.0. The minimum atomic E-state index is -2.80. The van der Waals surface area contributed by atoms with Gasteiger partial charge < -0.3 is 84.8 Å². The van der Waals surface area contributed by atoms with E-state index < -0.39 is 69.0 Å². The van der Waals surface area contributed by atoms with Gasteiger partial charge in [-0.2, -0.15) is 12.8 Å². The van der Waals surface area contributed by atoms with E-state index in [1.165, 1.54) is 0 Å². The molecule has 0 amide bonds. The molecule has 0 aliphatic carbocycles. The molecular weight excluding hydrogens is 1230 g/mol. The molecule has 0 unspecified atom stereocenters. The van der Waals surface area contributed by atoms with Crippen molar-refractivity contribution in [2.45, 2.75) is 149 Å². The van der Waals surface area contributed by atoms with Crippen LogP contribution in [0, 0.1) is 6.10 Å². The molecule has 0 fully saturated rings. The first-order valence-corrected chi connectivity index (χ1v) is 42.2. The van der Waals surface area contributed by atoms with Gasteiger partial charge in [-0.15, -0.1) is 0 Å².